The van der Waals surface area contributed by atoms with Gasteiger partial charge in [-0.2, -0.15) is 0 Å². The Morgan fingerprint density at radius 2 is 1.93 bits per heavy atom. The maximum atomic E-state index is 5.70. The van der Waals surface area contributed by atoms with E-state index in [1.807, 2.05) is 6.07 Å². The van der Waals surface area contributed by atoms with E-state index in [1.165, 1.54) is 11.1 Å². The lowest BCUT2D eigenvalue weighted by Crippen LogP contribution is -2.10. The number of rotatable bonds is 5. The minimum atomic E-state index is 0.556. The van der Waals surface area contributed by atoms with Crippen molar-refractivity contribution >= 4 is 17.2 Å². The van der Waals surface area contributed by atoms with Crippen molar-refractivity contribution in [3.63, 3.8) is 0 Å². The first-order valence-electron chi connectivity index (χ1n) is 5.08. The van der Waals surface area contributed by atoms with Crippen molar-refractivity contribution in [3.8, 4) is 5.75 Å². The molecule has 0 fully saturated rings. The highest BCUT2D eigenvalue weighted by atomic mass is 32.1. The van der Waals surface area contributed by atoms with Crippen LogP contribution in [0.3, 0.4) is 0 Å². The zero-order valence-corrected chi connectivity index (χ0v) is 10.1. The normalized spacial score (nSPS) is 10.0. The van der Waals surface area contributed by atoms with Gasteiger partial charge < -0.3 is 10.5 Å². The maximum absolute atomic E-state index is 5.70. The van der Waals surface area contributed by atoms with E-state index in [2.05, 4.69) is 26.0 Å². The predicted molar refractivity (Wildman–Crippen MR) is 67.4 cm³/mol. The van der Waals surface area contributed by atoms with Crippen LogP contribution in [-0.2, 0) is 0 Å². The fourth-order valence-electron chi connectivity index (χ4n) is 1.45. The first kappa shape index (κ1) is 12.0. The fraction of sp³-hybridized carbons (Fsp3) is 0.417. The molecule has 1 aromatic carbocycles. The number of para-hydroxylation sites is 1. The van der Waals surface area contributed by atoms with Crippen LogP contribution in [0.4, 0.5) is 0 Å². The molecule has 0 aliphatic rings. The first-order chi connectivity index (χ1) is 7.11. The Balaban J connectivity index is 2.47. The van der Waals surface area contributed by atoms with Gasteiger partial charge in [-0.15, -0.1) is 0 Å². The van der Waals surface area contributed by atoms with E-state index in [0.717, 1.165) is 18.6 Å². The number of nitrogens with two attached hydrogens (primary N) is 1. The molecule has 1 rings (SSSR count). The molecule has 0 saturated heterocycles. The second-order valence-corrected chi connectivity index (χ2v) is 4.16. The van der Waals surface area contributed by atoms with Gasteiger partial charge in [-0.25, -0.2) is 0 Å². The highest BCUT2D eigenvalue weighted by Gasteiger charge is 2.02. The van der Waals surface area contributed by atoms with Crippen LogP contribution in [0.5, 0.6) is 5.75 Å². The van der Waals surface area contributed by atoms with Crippen molar-refractivity contribution in [2.45, 2.75) is 26.7 Å². The van der Waals surface area contributed by atoms with Gasteiger partial charge in [0.2, 0.25) is 0 Å². The summed E-state index contributed by atoms with van der Waals surface area (Å²) in [5.74, 6) is 0.987. The van der Waals surface area contributed by atoms with E-state index in [9.17, 15) is 0 Å². The van der Waals surface area contributed by atoms with Crippen LogP contribution in [0.2, 0.25) is 0 Å². The Labute approximate surface area is 96.4 Å². The molecule has 0 radical (unpaired) electrons. The molecule has 0 spiro atoms. The summed E-state index contributed by atoms with van der Waals surface area (Å²) in [5, 5.41) is 0. The summed E-state index contributed by atoms with van der Waals surface area (Å²) in [6, 6.07) is 6.14. The van der Waals surface area contributed by atoms with Gasteiger partial charge in [0.05, 0.1) is 11.6 Å². The molecule has 0 aliphatic heterocycles. The molecule has 82 valence electrons. The minimum absolute atomic E-state index is 0.556. The number of thiocarbonyl (C=S) groups is 1. The molecule has 0 heterocycles. The van der Waals surface area contributed by atoms with Crippen LogP contribution in [0.15, 0.2) is 18.2 Å². The van der Waals surface area contributed by atoms with Gasteiger partial charge in [0.1, 0.15) is 5.75 Å². The van der Waals surface area contributed by atoms with Crippen LogP contribution in [-0.4, -0.2) is 11.6 Å². The molecular formula is C12H17NOS. The summed E-state index contributed by atoms with van der Waals surface area (Å²) >= 11 is 4.80. The van der Waals surface area contributed by atoms with Crippen LogP contribution >= 0.6 is 12.2 Å². The summed E-state index contributed by atoms with van der Waals surface area (Å²) in [6.45, 7) is 4.77. The average Bonchev–Trinajstić information content (AvgIpc) is 2.15. The molecular weight excluding hydrogens is 206 g/mol. The van der Waals surface area contributed by atoms with Gasteiger partial charge in [-0.1, -0.05) is 30.4 Å². The molecule has 1 aromatic rings. The summed E-state index contributed by atoms with van der Waals surface area (Å²) < 4.78 is 5.70. The molecule has 2 N–H and O–H groups in total. The molecule has 0 aliphatic carbocycles. The SMILES string of the molecule is Cc1cccc(C)c1OCCCC(N)=S. The zero-order chi connectivity index (χ0) is 11.3. The standard InChI is InChI=1S/C12H17NOS/c1-9-5-3-6-10(2)12(9)14-8-4-7-11(13)15/h3,5-6H,4,7-8H2,1-2H3,(H2,13,15). The van der Waals surface area contributed by atoms with Crippen molar-refractivity contribution in [1.29, 1.82) is 0 Å². The average molecular weight is 223 g/mol. The highest BCUT2D eigenvalue weighted by Crippen LogP contribution is 2.22. The quantitative estimate of drug-likeness (QED) is 0.616. The number of aryl methyl sites for hydroxylation is 2. The van der Waals surface area contributed by atoms with E-state index < -0.39 is 0 Å². The zero-order valence-electron chi connectivity index (χ0n) is 9.25. The topological polar surface area (TPSA) is 35.2 Å². The van der Waals surface area contributed by atoms with Gasteiger partial charge in [0, 0.05) is 6.42 Å². The minimum Gasteiger partial charge on any atom is -0.493 e. The Bertz CT molecular complexity index is 329. The lowest BCUT2D eigenvalue weighted by atomic mass is 10.1. The molecule has 0 saturated carbocycles. The maximum Gasteiger partial charge on any atom is 0.125 e. The molecule has 0 aromatic heterocycles. The molecule has 0 unspecified atom stereocenters. The molecule has 2 nitrogen and oxygen atoms in total. The third-order valence-electron chi connectivity index (χ3n) is 2.22. The monoisotopic (exact) mass is 223 g/mol. The van der Waals surface area contributed by atoms with Crippen LogP contribution in [0.25, 0.3) is 0 Å². The molecule has 3 heteroatoms. The summed E-state index contributed by atoms with van der Waals surface area (Å²) in [6.07, 6.45) is 1.63. The Kier molecular flexibility index (Phi) is 4.56. The van der Waals surface area contributed by atoms with Gasteiger partial charge in [-0.05, 0) is 31.4 Å². The smallest absolute Gasteiger partial charge is 0.125 e. The van der Waals surface area contributed by atoms with E-state index in [1.54, 1.807) is 0 Å². The fourth-order valence-corrected chi connectivity index (χ4v) is 1.59. The highest BCUT2D eigenvalue weighted by molar-refractivity contribution is 7.80. The summed E-state index contributed by atoms with van der Waals surface area (Å²) in [7, 11) is 0. The molecule has 15 heavy (non-hydrogen) atoms. The molecule has 0 amide bonds. The van der Waals surface area contributed by atoms with Gasteiger partial charge in [-0.3, -0.25) is 0 Å². The number of hydrogen-bond acceptors (Lipinski definition) is 2. The number of benzene rings is 1. The van der Waals surface area contributed by atoms with Crippen molar-refractivity contribution in [3.05, 3.63) is 29.3 Å². The summed E-state index contributed by atoms with van der Waals surface area (Å²) in [4.78, 5) is 0.556. The van der Waals surface area contributed by atoms with Crippen LogP contribution in [0.1, 0.15) is 24.0 Å². The van der Waals surface area contributed by atoms with Gasteiger partial charge in [0.25, 0.3) is 0 Å². The molecule has 0 atom stereocenters. The van der Waals surface area contributed by atoms with Crippen molar-refractivity contribution in [2.24, 2.45) is 5.73 Å². The van der Waals surface area contributed by atoms with Gasteiger partial charge in [0.15, 0.2) is 0 Å². The summed E-state index contributed by atoms with van der Waals surface area (Å²) in [5.41, 5.74) is 7.75. The van der Waals surface area contributed by atoms with E-state index >= 15 is 0 Å². The van der Waals surface area contributed by atoms with Crippen LogP contribution in [0, 0.1) is 13.8 Å². The van der Waals surface area contributed by atoms with Crippen LogP contribution < -0.4 is 10.5 Å². The lowest BCUT2D eigenvalue weighted by Gasteiger charge is -2.11. The van der Waals surface area contributed by atoms with Gasteiger partial charge >= 0.3 is 0 Å². The Morgan fingerprint density at radius 3 is 2.47 bits per heavy atom. The van der Waals surface area contributed by atoms with E-state index in [-0.39, 0.29) is 0 Å². The Hall–Kier alpha value is -1.09. The van der Waals surface area contributed by atoms with Crippen molar-refractivity contribution < 1.29 is 4.74 Å². The lowest BCUT2D eigenvalue weighted by molar-refractivity contribution is 0.309. The second kappa shape index (κ2) is 5.71. The van der Waals surface area contributed by atoms with E-state index in [4.69, 9.17) is 22.7 Å². The third-order valence-corrected chi connectivity index (χ3v) is 2.43. The number of ether oxygens (including phenoxy) is 1. The third kappa shape index (κ3) is 3.88. The van der Waals surface area contributed by atoms with E-state index in [0.29, 0.717) is 11.6 Å². The second-order valence-electron chi connectivity index (χ2n) is 3.64. The molecule has 0 bridgehead atoms. The Morgan fingerprint density at radius 1 is 1.33 bits per heavy atom. The number of hydrogen-bond donors (Lipinski definition) is 1. The first-order valence-corrected chi connectivity index (χ1v) is 5.49. The predicted octanol–water partition coefficient (Wildman–Crippen LogP) is 2.75. The van der Waals surface area contributed by atoms with Crippen molar-refractivity contribution in [2.75, 3.05) is 6.61 Å². The van der Waals surface area contributed by atoms with Crippen molar-refractivity contribution in [1.82, 2.24) is 0 Å². The largest absolute Gasteiger partial charge is 0.493 e.